The van der Waals surface area contributed by atoms with Gasteiger partial charge in [-0.05, 0) is 12.3 Å². The van der Waals surface area contributed by atoms with Gasteiger partial charge >= 0.3 is 5.97 Å². The number of carboxylic acid groups (broad SMARTS) is 1. The molecule has 0 saturated carbocycles. The van der Waals surface area contributed by atoms with Gasteiger partial charge in [-0.1, -0.05) is 20.3 Å². The molecular weight excluding hydrogens is 210 g/mol. The highest BCUT2D eigenvalue weighted by Gasteiger charge is 2.30. The van der Waals surface area contributed by atoms with Crippen LogP contribution < -0.4 is 5.32 Å². The average molecular weight is 229 g/mol. The Balaban J connectivity index is 2.53. The monoisotopic (exact) mass is 229 g/mol. The smallest absolute Gasteiger partial charge is 0.326 e. The summed E-state index contributed by atoms with van der Waals surface area (Å²) in [4.78, 5) is 22.7. The number of amides is 1. The van der Waals surface area contributed by atoms with E-state index in [2.05, 4.69) is 5.32 Å². The standard InChI is InChI=1S/C11H19NO4/c1-3-7(2)9(11(14)15)12-10(13)8-4-5-16-6-8/h7-9H,3-6H2,1-2H3,(H,12,13)(H,14,15)/t7-,8+,9+/m0/s1. The number of hydrogen-bond donors (Lipinski definition) is 2. The van der Waals surface area contributed by atoms with Crippen molar-refractivity contribution in [2.75, 3.05) is 13.2 Å². The Bertz CT molecular complexity index is 261. The van der Waals surface area contributed by atoms with Gasteiger partial charge in [-0.2, -0.15) is 0 Å². The predicted molar refractivity (Wildman–Crippen MR) is 57.9 cm³/mol. The SMILES string of the molecule is CC[C@H](C)[C@@H](NC(=O)[C@@H]1CCOC1)C(=O)O. The lowest BCUT2D eigenvalue weighted by Crippen LogP contribution is -2.47. The molecule has 1 saturated heterocycles. The van der Waals surface area contributed by atoms with E-state index in [4.69, 9.17) is 9.84 Å². The van der Waals surface area contributed by atoms with Crippen molar-refractivity contribution in [3.8, 4) is 0 Å². The maximum absolute atomic E-state index is 11.7. The minimum atomic E-state index is -0.971. The van der Waals surface area contributed by atoms with Crippen LogP contribution in [0.5, 0.6) is 0 Å². The average Bonchev–Trinajstić information content (AvgIpc) is 2.77. The maximum Gasteiger partial charge on any atom is 0.326 e. The Morgan fingerprint density at radius 2 is 2.25 bits per heavy atom. The minimum absolute atomic E-state index is 0.0660. The number of hydrogen-bond acceptors (Lipinski definition) is 3. The first kappa shape index (κ1) is 13.0. The van der Waals surface area contributed by atoms with Crippen LogP contribution in [0.25, 0.3) is 0 Å². The van der Waals surface area contributed by atoms with Crippen molar-refractivity contribution in [2.45, 2.75) is 32.7 Å². The number of rotatable bonds is 5. The zero-order valence-corrected chi connectivity index (χ0v) is 9.73. The lowest BCUT2D eigenvalue weighted by molar-refractivity contribution is -0.144. The van der Waals surface area contributed by atoms with Crippen molar-refractivity contribution >= 4 is 11.9 Å². The summed E-state index contributed by atoms with van der Waals surface area (Å²) in [6, 6.07) is -0.793. The van der Waals surface area contributed by atoms with E-state index >= 15 is 0 Å². The molecule has 3 atom stereocenters. The fraction of sp³-hybridized carbons (Fsp3) is 0.818. The molecule has 5 nitrogen and oxygen atoms in total. The van der Waals surface area contributed by atoms with E-state index in [1.807, 2.05) is 13.8 Å². The molecule has 0 aromatic rings. The van der Waals surface area contributed by atoms with E-state index in [0.29, 0.717) is 19.6 Å². The van der Waals surface area contributed by atoms with Gasteiger partial charge in [0, 0.05) is 6.61 Å². The molecule has 5 heteroatoms. The fourth-order valence-corrected chi connectivity index (χ4v) is 1.70. The molecule has 1 fully saturated rings. The fourth-order valence-electron chi connectivity index (χ4n) is 1.70. The second kappa shape index (κ2) is 5.84. The van der Waals surface area contributed by atoms with Crippen LogP contribution in [0.15, 0.2) is 0 Å². The third-order valence-electron chi connectivity index (χ3n) is 3.08. The molecule has 0 bridgehead atoms. The molecule has 2 N–H and O–H groups in total. The van der Waals surface area contributed by atoms with Gasteiger partial charge in [0.15, 0.2) is 0 Å². The van der Waals surface area contributed by atoms with E-state index in [0.717, 1.165) is 6.42 Å². The molecule has 0 radical (unpaired) electrons. The van der Waals surface area contributed by atoms with Gasteiger partial charge in [0.1, 0.15) is 6.04 Å². The third kappa shape index (κ3) is 3.20. The van der Waals surface area contributed by atoms with E-state index in [1.54, 1.807) is 0 Å². The third-order valence-corrected chi connectivity index (χ3v) is 3.08. The maximum atomic E-state index is 11.7. The number of carbonyl (C=O) groups excluding carboxylic acids is 1. The number of nitrogens with one attached hydrogen (secondary N) is 1. The second-order valence-corrected chi connectivity index (χ2v) is 4.27. The molecule has 1 amide bonds. The topological polar surface area (TPSA) is 75.6 Å². The Morgan fingerprint density at radius 1 is 1.56 bits per heavy atom. The summed E-state index contributed by atoms with van der Waals surface area (Å²) in [5.74, 6) is -1.43. The first-order chi connectivity index (χ1) is 7.56. The summed E-state index contributed by atoms with van der Waals surface area (Å²) < 4.78 is 5.10. The molecule has 1 rings (SSSR count). The predicted octanol–water partition coefficient (Wildman–Crippen LogP) is 0.638. The van der Waals surface area contributed by atoms with Gasteiger partial charge in [0.2, 0.25) is 5.91 Å². The Kier molecular flexibility index (Phi) is 4.73. The molecule has 0 aliphatic carbocycles. The van der Waals surface area contributed by atoms with Crippen LogP contribution in [0.4, 0.5) is 0 Å². The highest BCUT2D eigenvalue weighted by molar-refractivity contribution is 5.85. The highest BCUT2D eigenvalue weighted by atomic mass is 16.5. The second-order valence-electron chi connectivity index (χ2n) is 4.27. The lowest BCUT2D eigenvalue weighted by atomic mass is 9.98. The van der Waals surface area contributed by atoms with Crippen LogP contribution in [-0.4, -0.2) is 36.2 Å². The number of aliphatic carboxylic acids is 1. The van der Waals surface area contributed by atoms with E-state index in [-0.39, 0.29) is 17.7 Å². The summed E-state index contributed by atoms with van der Waals surface area (Å²) in [6.45, 7) is 4.72. The Hall–Kier alpha value is -1.10. The summed E-state index contributed by atoms with van der Waals surface area (Å²) >= 11 is 0. The largest absolute Gasteiger partial charge is 0.480 e. The molecule has 1 aliphatic heterocycles. The van der Waals surface area contributed by atoms with Crippen molar-refractivity contribution in [1.29, 1.82) is 0 Å². The molecule has 1 aliphatic rings. The van der Waals surface area contributed by atoms with Crippen molar-refractivity contribution < 1.29 is 19.4 Å². The molecule has 0 aromatic carbocycles. The summed E-state index contributed by atoms with van der Waals surface area (Å²) in [5.41, 5.74) is 0. The molecule has 0 aromatic heterocycles. The van der Waals surface area contributed by atoms with Gasteiger partial charge in [-0.25, -0.2) is 4.79 Å². The minimum Gasteiger partial charge on any atom is -0.480 e. The van der Waals surface area contributed by atoms with Crippen LogP contribution in [-0.2, 0) is 14.3 Å². The zero-order chi connectivity index (χ0) is 12.1. The van der Waals surface area contributed by atoms with Crippen molar-refractivity contribution in [2.24, 2.45) is 11.8 Å². The van der Waals surface area contributed by atoms with Crippen LogP contribution in [0.2, 0.25) is 0 Å². The van der Waals surface area contributed by atoms with E-state index in [1.165, 1.54) is 0 Å². The van der Waals surface area contributed by atoms with Gasteiger partial charge in [0.25, 0.3) is 0 Å². The van der Waals surface area contributed by atoms with E-state index < -0.39 is 12.0 Å². The Labute approximate surface area is 95.2 Å². The van der Waals surface area contributed by atoms with Crippen LogP contribution >= 0.6 is 0 Å². The lowest BCUT2D eigenvalue weighted by Gasteiger charge is -2.21. The molecule has 0 spiro atoms. The molecule has 92 valence electrons. The summed E-state index contributed by atoms with van der Waals surface area (Å²) in [6.07, 6.45) is 1.40. The molecule has 1 heterocycles. The first-order valence-corrected chi connectivity index (χ1v) is 5.67. The zero-order valence-electron chi connectivity index (χ0n) is 9.73. The van der Waals surface area contributed by atoms with Crippen molar-refractivity contribution in [3.05, 3.63) is 0 Å². The number of carbonyl (C=O) groups is 2. The Morgan fingerprint density at radius 3 is 2.69 bits per heavy atom. The van der Waals surface area contributed by atoms with Crippen LogP contribution in [0.1, 0.15) is 26.7 Å². The normalized spacial score (nSPS) is 23.8. The van der Waals surface area contributed by atoms with Gasteiger partial charge in [0.05, 0.1) is 12.5 Å². The molecule has 0 unspecified atom stereocenters. The van der Waals surface area contributed by atoms with Crippen molar-refractivity contribution in [3.63, 3.8) is 0 Å². The number of carboxylic acids is 1. The number of ether oxygens (including phenoxy) is 1. The van der Waals surface area contributed by atoms with Gasteiger partial charge in [-0.15, -0.1) is 0 Å². The van der Waals surface area contributed by atoms with Gasteiger partial charge in [-0.3, -0.25) is 4.79 Å². The quantitative estimate of drug-likeness (QED) is 0.725. The summed E-state index contributed by atoms with van der Waals surface area (Å²) in [5, 5.41) is 11.6. The van der Waals surface area contributed by atoms with Crippen molar-refractivity contribution in [1.82, 2.24) is 5.32 Å². The molecule has 16 heavy (non-hydrogen) atoms. The summed E-state index contributed by atoms with van der Waals surface area (Å²) in [7, 11) is 0. The first-order valence-electron chi connectivity index (χ1n) is 5.67. The van der Waals surface area contributed by atoms with Crippen LogP contribution in [0.3, 0.4) is 0 Å². The van der Waals surface area contributed by atoms with Crippen LogP contribution in [0, 0.1) is 11.8 Å². The van der Waals surface area contributed by atoms with E-state index in [9.17, 15) is 9.59 Å². The highest BCUT2D eigenvalue weighted by Crippen LogP contribution is 2.14. The van der Waals surface area contributed by atoms with Gasteiger partial charge < -0.3 is 15.2 Å². The molecular formula is C11H19NO4.